The molecular formula is C24H32N2O5S. The molecule has 0 aromatic heterocycles. The second kappa shape index (κ2) is 7.29. The van der Waals surface area contributed by atoms with Crippen molar-refractivity contribution in [1.29, 1.82) is 0 Å². The van der Waals surface area contributed by atoms with Gasteiger partial charge >= 0.3 is 5.97 Å². The number of likely N-dealkylation sites (tertiary alicyclic amines) is 1. The molecule has 4 aliphatic rings. The Labute approximate surface area is 190 Å². The first-order chi connectivity index (χ1) is 15.1. The van der Waals surface area contributed by atoms with Crippen LogP contribution in [0.1, 0.15) is 45.1 Å². The van der Waals surface area contributed by atoms with Gasteiger partial charge in [-0.05, 0) is 42.6 Å². The monoisotopic (exact) mass is 460 g/mol. The lowest BCUT2D eigenvalue weighted by atomic mass is 9.69. The summed E-state index contributed by atoms with van der Waals surface area (Å²) in [4.78, 5) is 28.6. The maximum absolute atomic E-state index is 14.0. The van der Waals surface area contributed by atoms with Gasteiger partial charge in [0.15, 0.2) is 0 Å². The van der Waals surface area contributed by atoms with Crippen molar-refractivity contribution in [2.75, 3.05) is 19.4 Å². The molecule has 5 atom stereocenters. The Balaban J connectivity index is 1.50. The molecule has 2 aliphatic carbocycles. The summed E-state index contributed by atoms with van der Waals surface area (Å²) < 4.78 is 33.1. The van der Waals surface area contributed by atoms with Crippen molar-refractivity contribution in [3.05, 3.63) is 35.9 Å². The molecule has 8 heteroatoms. The van der Waals surface area contributed by atoms with Crippen LogP contribution in [0.25, 0.3) is 0 Å². The highest BCUT2D eigenvalue weighted by atomic mass is 32.2. The molecule has 1 unspecified atom stereocenters. The average Bonchev–Trinajstić information content (AvgIpc) is 3.40. The Kier molecular flexibility index (Phi) is 4.98. The summed E-state index contributed by atoms with van der Waals surface area (Å²) in [5, 5.41) is 0. The van der Waals surface area contributed by atoms with Crippen molar-refractivity contribution in [1.82, 2.24) is 9.21 Å². The Morgan fingerprint density at radius 2 is 1.88 bits per heavy atom. The number of sulfonamides is 1. The summed E-state index contributed by atoms with van der Waals surface area (Å²) >= 11 is 0. The zero-order valence-electron chi connectivity index (χ0n) is 19.0. The number of carbonyl (C=O) groups is 2. The second-order valence-corrected chi connectivity index (χ2v) is 12.4. The molecule has 1 amide bonds. The summed E-state index contributed by atoms with van der Waals surface area (Å²) in [5.41, 5.74) is 0.536. The van der Waals surface area contributed by atoms with Gasteiger partial charge in [-0.1, -0.05) is 44.2 Å². The minimum Gasteiger partial charge on any atom is -0.469 e. The molecule has 2 saturated heterocycles. The van der Waals surface area contributed by atoms with Crippen LogP contribution in [0.15, 0.2) is 30.3 Å². The molecule has 2 heterocycles. The van der Waals surface area contributed by atoms with Gasteiger partial charge in [0.2, 0.25) is 10.0 Å². The molecule has 5 rings (SSSR count). The minimum absolute atomic E-state index is 0.0359. The number of fused-ring (bicyclic) bond motifs is 1. The number of ether oxygens (including phenoxy) is 1. The molecule has 174 valence electrons. The molecule has 0 N–H and O–H groups in total. The second-order valence-electron chi connectivity index (χ2n) is 10.6. The molecule has 32 heavy (non-hydrogen) atoms. The van der Waals surface area contributed by atoms with Crippen LogP contribution < -0.4 is 0 Å². The van der Waals surface area contributed by atoms with Crippen LogP contribution in [-0.2, 0) is 30.9 Å². The number of amides is 1. The van der Waals surface area contributed by atoms with Crippen molar-refractivity contribution >= 4 is 21.9 Å². The number of carbonyl (C=O) groups excluding carboxylic acids is 2. The van der Waals surface area contributed by atoms with Crippen LogP contribution in [-0.4, -0.2) is 61.0 Å². The summed E-state index contributed by atoms with van der Waals surface area (Å²) in [6, 6.07) is 8.64. The summed E-state index contributed by atoms with van der Waals surface area (Å²) in [7, 11) is -2.42. The van der Waals surface area contributed by atoms with Crippen molar-refractivity contribution in [3.63, 3.8) is 0 Å². The Morgan fingerprint density at radius 1 is 1.16 bits per heavy atom. The Bertz CT molecular complexity index is 1040. The van der Waals surface area contributed by atoms with Crippen LogP contribution in [0, 0.1) is 22.7 Å². The minimum atomic E-state index is -3.74. The summed E-state index contributed by atoms with van der Waals surface area (Å²) in [5.74, 6) is -1.08. The van der Waals surface area contributed by atoms with Gasteiger partial charge in [0, 0.05) is 18.5 Å². The number of nitrogens with zero attached hydrogens (tertiary/aromatic N) is 2. The third kappa shape index (κ3) is 2.91. The van der Waals surface area contributed by atoms with Gasteiger partial charge in [0.05, 0.1) is 24.8 Å². The maximum atomic E-state index is 14.0. The van der Waals surface area contributed by atoms with Gasteiger partial charge in [-0.2, -0.15) is 0 Å². The largest absolute Gasteiger partial charge is 0.469 e. The van der Waals surface area contributed by atoms with Gasteiger partial charge in [0.25, 0.3) is 5.91 Å². The lowest BCUT2D eigenvalue weighted by Gasteiger charge is -2.38. The van der Waals surface area contributed by atoms with Crippen LogP contribution in [0.3, 0.4) is 0 Å². The van der Waals surface area contributed by atoms with Gasteiger partial charge in [0.1, 0.15) is 6.04 Å². The van der Waals surface area contributed by atoms with E-state index in [4.69, 9.17) is 4.74 Å². The van der Waals surface area contributed by atoms with Crippen LogP contribution >= 0.6 is 0 Å². The third-order valence-corrected chi connectivity index (χ3v) is 11.0. The lowest BCUT2D eigenvalue weighted by Crippen LogP contribution is -2.53. The number of rotatable bonds is 4. The molecule has 1 spiro atoms. The van der Waals surface area contributed by atoms with Gasteiger partial charge in [-0.15, -0.1) is 0 Å². The van der Waals surface area contributed by atoms with E-state index in [0.717, 1.165) is 24.8 Å². The van der Waals surface area contributed by atoms with Crippen molar-refractivity contribution in [2.24, 2.45) is 22.7 Å². The fraction of sp³-hybridized carbons (Fsp3) is 0.667. The molecule has 4 fully saturated rings. The van der Waals surface area contributed by atoms with Crippen molar-refractivity contribution in [2.45, 2.75) is 58.2 Å². The first-order valence-corrected chi connectivity index (χ1v) is 13.1. The highest BCUT2D eigenvalue weighted by Crippen LogP contribution is 2.70. The standard InChI is InChI=1S/C24H32N2O5S/c1-23(2)17-9-11-24(23)15-32(29,30)26(19(24)13-17)21(27)20-18(22(28)31-3)10-12-25(20)14-16-7-5-4-6-8-16/h4-8,17-20H,9-15H2,1-3H3/t17-,18?,19-,20+,24-/m0/s1. The van der Waals surface area contributed by atoms with E-state index in [0.29, 0.717) is 25.4 Å². The maximum Gasteiger partial charge on any atom is 0.310 e. The summed E-state index contributed by atoms with van der Waals surface area (Å²) in [6.45, 7) is 5.37. The molecule has 2 saturated carbocycles. The average molecular weight is 461 g/mol. The van der Waals surface area contributed by atoms with E-state index in [1.165, 1.54) is 11.4 Å². The van der Waals surface area contributed by atoms with Crippen LogP contribution in [0.2, 0.25) is 0 Å². The molecule has 0 radical (unpaired) electrons. The zero-order chi connectivity index (χ0) is 22.9. The topological polar surface area (TPSA) is 84.0 Å². The van der Waals surface area contributed by atoms with E-state index in [2.05, 4.69) is 13.8 Å². The lowest BCUT2D eigenvalue weighted by molar-refractivity contribution is -0.150. The SMILES string of the molecule is COC(=O)C1CCN(Cc2ccccc2)[C@H]1C(=O)N1[C@H]2C[C@@H]3CC[C@@]2(CS1(=O)=O)C3(C)C. The van der Waals surface area contributed by atoms with Gasteiger partial charge < -0.3 is 4.74 Å². The first kappa shape index (κ1) is 21.9. The van der Waals surface area contributed by atoms with E-state index in [1.54, 1.807) is 0 Å². The summed E-state index contributed by atoms with van der Waals surface area (Å²) in [6.07, 6.45) is 3.08. The number of hydrogen-bond donors (Lipinski definition) is 0. The fourth-order valence-corrected chi connectivity index (χ4v) is 9.84. The first-order valence-electron chi connectivity index (χ1n) is 11.5. The van der Waals surface area contributed by atoms with Gasteiger partial charge in [-0.3, -0.25) is 14.5 Å². The van der Waals surface area contributed by atoms with Crippen molar-refractivity contribution in [3.8, 4) is 0 Å². The molecule has 1 aromatic carbocycles. The number of esters is 1. The van der Waals surface area contributed by atoms with E-state index >= 15 is 0 Å². The normalized spacial score (nSPS) is 36.9. The van der Waals surface area contributed by atoms with E-state index in [-0.39, 0.29) is 22.6 Å². The predicted octanol–water partition coefficient (Wildman–Crippen LogP) is 2.42. The number of methoxy groups -OCH3 is 1. The third-order valence-electron chi connectivity index (χ3n) is 9.12. The quantitative estimate of drug-likeness (QED) is 0.642. The smallest absolute Gasteiger partial charge is 0.310 e. The molecule has 7 nitrogen and oxygen atoms in total. The van der Waals surface area contributed by atoms with Gasteiger partial charge in [-0.25, -0.2) is 12.7 Å². The molecular weight excluding hydrogens is 428 g/mol. The Morgan fingerprint density at radius 3 is 2.53 bits per heavy atom. The van der Waals surface area contributed by atoms with E-state index in [1.807, 2.05) is 35.2 Å². The van der Waals surface area contributed by atoms with Crippen molar-refractivity contribution < 1.29 is 22.7 Å². The molecule has 2 aliphatic heterocycles. The zero-order valence-corrected chi connectivity index (χ0v) is 19.8. The number of benzene rings is 1. The highest BCUT2D eigenvalue weighted by molar-refractivity contribution is 7.90. The Hall–Kier alpha value is -1.93. The predicted molar refractivity (Wildman–Crippen MR) is 119 cm³/mol. The number of hydrogen-bond acceptors (Lipinski definition) is 6. The van der Waals surface area contributed by atoms with Crippen LogP contribution in [0.5, 0.6) is 0 Å². The van der Waals surface area contributed by atoms with E-state index < -0.39 is 33.9 Å². The van der Waals surface area contributed by atoms with Crippen LogP contribution in [0.4, 0.5) is 0 Å². The molecule has 1 aromatic rings. The fourth-order valence-electron chi connectivity index (χ4n) is 7.29. The molecule has 2 bridgehead atoms. The van der Waals surface area contributed by atoms with E-state index in [9.17, 15) is 18.0 Å². The highest BCUT2D eigenvalue weighted by Gasteiger charge is 2.72.